The molecule has 0 heterocycles. The summed E-state index contributed by atoms with van der Waals surface area (Å²) in [6.45, 7) is 2.53. The second-order valence-electron chi connectivity index (χ2n) is 4.40. The van der Waals surface area contributed by atoms with E-state index in [0.29, 0.717) is 6.54 Å². The topological polar surface area (TPSA) is 49.3 Å². The van der Waals surface area contributed by atoms with Gasteiger partial charge in [0.25, 0.3) is 0 Å². The minimum Gasteiger partial charge on any atom is -0.481 e. The van der Waals surface area contributed by atoms with Gasteiger partial charge in [-0.3, -0.25) is 4.79 Å². The Labute approximate surface area is 103 Å². The van der Waals surface area contributed by atoms with E-state index in [1.165, 1.54) is 5.56 Å². The molecule has 0 bridgehead atoms. The number of nitrogens with one attached hydrogen (secondary N) is 1. The first-order valence-electron chi connectivity index (χ1n) is 5.27. The Morgan fingerprint density at radius 3 is 2.75 bits per heavy atom. The Hall–Kier alpha value is -1.03. The van der Waals surface area contributed by atoms with E-state index in [1.807, 2.05) is 25.1 Å². The molecule has 2 N–H and O–H groups in total. The third kappa shape index (κ3) is 2.21. The highest BCUT2D eigenvalue weighted by molar-refractivity contribution is 9.10. The number of aliphatic carboxylic acids is 1. The van der Waals surface area contributed by atoms with Crippen molar-refractivity contribution in [1.82, 2.24) is 0 Å². The lowest BCUT2D eigenvalue weighted by molar-refractivity contribution is -0.142. The number of rotatable bonds is 4. The second kappa shape index (κ2) is 4.09. The van der Waals surface area contributed by atoms with Crippen LogP contribution in [0.4, 0.5) is 5.69 Å². The van der Waals surface area contributed by atoms with Gasteiger partial charge >= 0.3 is 5.97 Å². The minimum absolute atomic E-state index is 0.512. The number of aryl methyl sites for hydroxylation is 1. The molecule has 16 heavy (non-hydrogen) atoms. The number of hydrogen-bond acceptors (Lipinski definition) is 2. The highest BCUT2D eigenvalue weighted by Gasteiger charge is 2.49. The van der Waals surface area contributed by atoms with Crippen LogP contribution in [0.2, 0.25) is 0 Å². The van der Waals surface area contributed by atoms with Crippen molar-refractivity contribution in [2.75, 3.05) is 11.9 Å². The third-order valence-corrected chi connectivity index (χ3v) is 3.96. The van der Waals surface area contributed by atoms with Crippen LogP contribution < -0.4 is 5.32 Å². The zero-order valence-corrected chi connectivity index (χ0v) is 10.7. The van der Waals surface area contributed by atoms with Crippen LogP contribution >= 0.6 is 15.9 Å². The van der Waals surface area contributed by atoms with Gasteiger partial charge in [-0.05, 0) is 37.5 Å². The van der Waals surface area contributed by atoms with Crippen LogP contribution in [0.3, 0.4) is 0 Å². The number of carbonyl (C=O) groups is 1. The van der Waals surface area contributed by atoms with Crippen LogP contribution in [0, 0.1) is 12.3 Å². The zero-order chi connectivity index (χ0) is 11.8. The number of hydrogen-bond donors (Lipinski definition) is 2. The Balaban J connectivity index is 2.00. The monoisotopic (exact) mass is 283 g/mol. The quantitative estimate of drug-likeness (QED) is 0.893. The Bertz CT molecular complexity index is 427. The molecule has 0 spiro atoms. The number of halogens is 1. The molecule has 0 atom stereocenters. The molecule has 0 amide bonds. The van der Waals surface area contributed by atoms with E-state index in [-0.39, 0.29) is 0 Å². The first kappa shape index (κ1) is 11.5. The smallest absolute Gasteiger partial charge is 0.311 e. The molecule has 0 aliphatic heterocycles. The van der Waals surface area contributed by atoms with E-state index in [4.69, 9.17) is 5.11 Å². The van der Waals surface area contributed by atoms with Crippen LogP contribution in [0.15, 0.2) is 22.7 Å². The van der Waals surface area contributed by atoms with Gasteiger partial charge in [0.1, 0.15) is 0 Å². The molecule has 1 aliphatic rings. The summed E-state index contributed by atoms with van der Waals surface area (Å²) in [6.07, 6.45) is 1.56. The second-order valence-corrected chi connectivity index (χ2v) is 5.26. The minimum atomic E-state index is -0.689. The van der Waals surface area contributed by atoms with Crippen molar-refractivity contribution in [1.29, 1.82) is 0 Å². The standard InChI is InChI=1S/C12H14BrNO2/c1-8-2-3-9(6-10(8)13)14-7-12(4-5-12)11(15)16/h2-3,6,14H,4-5,7H2,1H3,(H,15,16). The molecule has 0 unspecified atom stereocenters. The fraction of sp³-hybridized carbons (Fsp3) is 0.417. The van der Waals surface area contributed by atoms with Gasteiger partial charge in [0.05, 0.1) is 5.41 Å². The molecule has 3 nitrogen and oxygen atoms in total. The van der Waals surface area contributed by atoms with E-state index in [1.54, 1.807) is 0 Å². The molecule has 0 radical (unpaired) electrons. The molecule has 1 aromatic rings. The fourth-order valence-electron chi connectivity index (χ4n) is 1.59. The highest BCUT2D eigenvalue weighted by atomic mass is 79.9. The summed E-state index contributed by atoms with van der Waals surface area (Å²) in [5.41, 5.74) is 1.62. The maximum absolute atomic E-state index is 11.0. The lowest BCUT2D eigenvalue weighted by Crippen LogP contribution is -2.24. The van der Waals surface area contributed by atoms with Gasteiger partial charge in [-0.2, -0.15) is 0 Å². The molecule has 86 valence electrons. The average Bonchev–Trinajstić information content (AvgIpc) is 3.01. The molecule has 4 heteroatoms. The summed E-state index contributed by atoms with van der Waals surface area (Å²) in [4.78, 5) is 11.0. The first-order chi connectivity index (χ1) is 7.53. The summed E-state index contributed by atoms with van der Waals surface area (Å²) in [6, 6.07) is 5.96. The molecule has 1 fully saturated rings. The van der Waals surface area contributed by atoms with E-state index in [9.17, 15) is 4.79 Å². The average molecular weight is 284 g/mol. The summed E-state index contributed by atoms with van der Waals surface area (Å²) < 4.78 is 1.04. The van der Waals surface area contributed by atoms with Crippen molar-refractivity contribution >= 4 is 27.6 Å². The molecule has 2 rings (SSSR count). The van der Waals surface area contributed by atoms with Gasteiger partial charge in [0.2, 0.25) is 0 Å². The fourth-order valence-corrected chi connectivity index (χ4v) is 1.97. The Kier molecular flexibility index (Phi) is 2.93. The van der Waals surface area contributed by atoms with Gasteiger partial charge in [-0.1, -0.05) is 22.0 Å². The van der Waals surface area contributed by atoms with Crippen LogP contribution in [0.25, 0.3) is 0 Å². The molecule has 1 aromatic carbocycles. The van der Waals surface area contributed by atoms with Crippen LogP contribution in [0.1, 0.15) is 18.4 Å². The Morgan fingerprint density at radius 2 is 2.25 bits per heavy atom. The SMILES string of the molecule is Cc1ccc(NCC2(C(=O)O)CC2)cc1Br. The van der Waals surface area contributed by atoms with Gasteiger partial charge in [0, 0.05) is 16.7 Å². The number of benzene rings is 1. The summed E-state index contributed by atoms with van der Waals surface area (Å²) in [5.74, 6) is -0.689. The number of carboxylic acid groups (broad SMARTS) is 1. The lowest BCUT2D eigenvalue weighted by atomic mass is 10.1. The van der Waals surface area contributed by atoms with Crippen molar-refractivity contribution < 1.29 is 9.90 Å². The maximum atomic E-state index is 11.0. The number of carboxylic acids is 1. The molecule has 0 saturated heterocycles. The van der Waals surface area contributed by atoms with Crippen LogP contribution in [-0.4, -0.2) is 17.6 Å². The van der Waals surface area contributed by atoms with Gasteiger partial charge in [-0.25, -0.2) is 0 Å². The molecule has 1 aliphatic carbocycles. The summed E-state index contributed by atoms with van der Waals surface area (Å²) >= 11 is 3.45. The van der Waals surface area contributed by atoms with E-state index >= 15 is 0 Å². The maximum Gasteiger partial charge on any atom is 0.311 e. The molecular formula is C12H14BrNO2. The van der Waals surface area contributed by atoms with Gasteiger partial charge < -0.3 is 10.4 Å². The van der Waals surface area contributed by atoms with Gasteiger partial charge in [0.15, 0.2) is 0 Å². The number of anilines is 1. The first-order valence-corrected chi connectivity index (χ1v) is 6.06. The van der Waals surface area contributed by atoms with E-state index in [2.05, 4.69) is 21.2 Å². The summed E-state index contributed by atoms with van der Waals surface area (Å²) in [5, 5.41) is 12.2. The van der Waals surface area contributed by atoms with E-state index in [0.717, 1.165) is 23.0 Å². The van der Waals surface area contributed by atoms with Crippen molar-refractivity contribution in [2.45, 2.75) is 19.8 Å². The third-order valence-electron chi connectivity index (χ3n) is 3.11. The molecule has 1 saturated carbocycles. The largest absolute Gasteiger partial charge is 0.481 e. The lowest BCUT2D eigenvalue weighted by Gasteiger charge is -2.12. The van der Waals surface area contributed by atoms with Crippen LogP contribution in [-0.2, 0) is 4.79 Å². The Morgan fingerprint density at radius 1 is 1.56 bits per heavy atom. The van der Waals surface area contributed by atoms with Crippen molar-refractivity contribution in [2.24, 2.45) is 5.41 Å². The molecule has 0 aromatic heterocycles. The normalized spacial score (nSPS) is 16.9. The van der Waals surface area contributed by atoms with Crippen molar-refractivity contribution in [3.63, 3.8) is 0 Å². The predicted molar refractivity (Wildman–Crippen MR) is 66.7 cm³/mol. The zero-order valence-electron chi connectivity index (χ0n) is 9.09. The van der Waals surface area contributed by atoms with Gasteiger partial charge in [-0.15, -0.1) is 0 Å². The predicted octanol–water partition coefficient (Wildman–Crippen LogP) is 3.03. The summed E-state index contributed by atoms with van der Waals surface area (Å²) in [7, 11) is 0. The van der Waals surface area contributed by atoms with E-state index < -0.39 is 11.4 Å². The van der Waals surface area contributed by atoms with Crippen molar-refractivity contribution in [3.05, 3.63) is 28.2 Å². The van der Waals surface area contributed by atoms with Crippen LogP contribution in [0.5, 0.6) is 0 Å². The highest BCUT2D eigenvalue weighted by Crippen LogP contribution is 2.45. The molecular weight excluding hydrogens is 270 g/mol. The van der Waals surface area contributed by atoms with Crippen molar-refractivity contribution in [3.8, 4) is 0 Å².